The molecule has 1 saturated heterocycles. The van der Waals surface area contributed by atoms with Gasteiger partial charge in [-0.2, -0.15) is 0 Å². The van der Waals surface area contributed by atoms with Crippen molar-refractivity contribution in [3.05, 3.63) is 89.2 Å². The van der Waals surface area contributed by atoms with Crippen LogP contribution < -0.4 is 9.64 Å². The Balaban J connectivity index is 1.52. The van der Waals surface area contributed by atoms with Gasteiger partial charge in [0.25, 0.3) is 0 Å². The van der Waals surface area contributed by atoms with Gasteiger partial charge in [0.05, 0.1) is 30.4 Å². The molecule has 33 heavy (non-hydrogen) atoms. The quantitative estimate of drug-likeness (QED) is 0.376. The molecule has 7 heteroatoms. The predicted molar refractivity (Wildman–Crippen MR) is 128 cm³/mol. The molecule has 1 aliphatic rings. The lowest BCUT2D eigenvalue weighted by atomic mass is 10.1. The summed E-state index contributed by atoms with van der Waals surface area (Å²) in [6.07, 6.45) is 0.290. The summed E-state index contributed by atoms with van der Waals surface area (Å²) in [5, 5.41) is 0.530. The molecule has 6 nitrogen and oxygen atoms in total. The second kappa shape index (κ2) is 8.71. The minimum Gasteiger partial charge on any atom is -0.495 e. The number of para-hydroxylation sites is 2. The number of anilines is 1. The number of hydrogen-bond donors (Lipinski definition) is 0. The third-order valence-electron chi connectivity index (χ3n) is 6.00. The van der Waals surface area contributed by atoms with E-state index >= 15 is 0 Å². The summed E-state index contributed by atoms with van der Waals surface area (Å²) in [5.41, 5.74) is 2.97. The number of ketones is 1. The lowest BCUT2D eigenvalue weighted by Crippen LogP contribution is -2.25. The van der Waals surface area contributed by atoms with Crippen molar-refractivity contribution < 1.29 is 14.3 Å². The van der Waals surface area contributed by atoms with Gasteiger partial charge in [-0.05, 0) is 30.3 Å². The highest BCUT2D eigenvalue weighted by Crippen LogP contribution is 2.38. The molecule has 4 aromatic rings. The standard InChI is InChI=1S/C26H22ClN3O3/c1-33-24-12-11-19(27)14-22(24)29-15-18(13-25(29)32)26-28-20-9-5-6-10-21(20)30(26)16-23(31)17-7-3-2-4-8-17/h2-12,14,18H,13,15-16H2,1H3. The van der Waals surface area contributed by atoms with Crippen molar-refractivity contribution in [1.29, 1.82) is 0 Å². The van der Waals surface area contributed by atoms with E-state index in [2.05, 4.69) is 0 Å². The number of ether oxygens (including phenoxy) is 1. The SMILES string of the molecule is COc1ccc(Cl)cc1N1CC(c2nc3ccccc3n2CC(=O)c2ccccc2)CC1=O. The molecule has 1 fully saturated rings. The maximum Gasteiger partial charge on any atom is 0.227 e. The highest BCUT2D eigenvalue weighted by Gasteiger charge is 2.36. The molecule has 0 spiro atoms. The first-order valence-electron chi connectivity index (χ1n) is 10.7. The second-order valence-electron chi connectivity index (χ2n) is 8.06. The average molecular weight is 460 g/mol. The van der Waals surface area contributed by atoms with E-state index in [0.717, 1.165) is 16.9 Å². The maximum atomic E-state index is 13.0. The molecule has 1 atom stereocenters. The first kappa shape index (κ1) is 21.2. The van der Waals surface area contributed by atoms with Crippen LogP contribution in [0.5, 0.6) is 5.75 Å². The van der Waals surface area contributed by atoms with E-state index < -0.39 is 0 Å². The van der Waals surface area contributed by atoms with Crippen LogP contribution in [0.4, 0.5) is 5.69 Å². The van der Waals surface area contributed by atoms with Gasteiger partial charge in [-0.15, -0.1) is 0 Å². The number of amides is 1. The van der Waals surface area contributed by atoms with Gasteiger partial charge in [0.1, 0.15) is 11.6 Å². The van der Waals surface area contributed by atoms with E-state index in [9.17, 15) is 9.59 Å². The van der Waals surface area contributed by atoms with E-state index in [1.807, 2.05) is 59.2 Å². The van der Waals surface area contributed by atoms with Crippen molar-refractivity contribution >= 4 is 40.0 Å². The Kier molecular flexibility index (Phi) is 5.60. The van der Waals surface area contributed by atoms with Gasteiger partial charge < -0.3 is 14.2 Å². The van der Waals surface area contributed by atoms with Crippen LogP contribution in [0.1, 0.15) is 28.5 Å². The van der Waals surface area contributed by atoms with Crippen molar-refractivity contribution in [3.63, 3.8) is 0 Å². The fraction of sp³-hybridized carbons (Fsp3) is 0.192. The van der Waals surface area contributed by atoms with Crippen molar-refractivity contribution in [1.82, 2.24) is 9.55 Å². The number of carbonyl (C=O) groups is 2. The summed E-state index contributed by atoms with van der Waals surface area (Å²) < 4.78 is 7.40. The fourth-order valence-electron chi connectivity index (χ4n) is 4.42. The lowest BCUT2D eigenvalue weighted by molar-refractivity contribution is -0.117. The molecule has 0 radical (unpaired) electrons. The summed E-state index contributed by atoms with van der Waals surface area (Å²) in [6, 6.07) is 22.2. The highest BCUT2D eigenvalue weighted by molar-refractivity contribution is 6.31. The van der Waals surface area contributed by atoms with Crippen LogP contribution in [0.3, 0.4) is 0 Å². The predicted octanol–water partition coefficient (Wildman–Crippen LogP) is 5.10. The zero-order chi connectivity index (χ0) is 22.9. The number of methoxy groups -OCH3 is 1. The molecule has 2 heterocycles. The first-order chi connectivity index (χ1) is 16.0. The maximum absolute atomic E-state index is 13.0. The summed E-state index contributed by atoms with van der Waals surface area (Å²) in [5.74, 6) is 1.11. The number of carbonyl (C=O) groups excluding carboxylic acids is 2. The topological polar surface area (TPSA) is 64.4 Å². The van der Waals surface area contributed by atoms with Crippen molar-refractivity contribution in [2.45, 2.75) is 18.9 Å². The Morgan fingerprint density at radius 1 is 1.09 bits per heavy atom. The van der Waals surface area contributed by atoms with Gasteiger partial charge in [0.15, 0.2) is 5.78 Å². The third-order valence-corrected chi connectivity index (χ3v) is 6.24. The Labute approximate surface area is 196 Å². The number of imidazole rings is 1. The van der Waals surface area contributed by atoms with Gasteiger partial charge in [0.2, 0.25) is 5.91 Å². The van der Waals surface area contributed by atoms with Gasteiger partial charge >= 0.3 is 0 Å². The van der Waals surface area contributed by atoms with Gasteiger partial charge in [-0.3, -0.25) is 9.59 Å². The van der Waals surface area contributed by atoms with Crippen LogP contribution >= 0.6 is 11.6 Å². The Morgan fingerprint density at radius 3 is 2.64 bits per heavy atom. The second-order valence-corrected chi connectivity index (χ2v) is 8.49. The molecule has 166 valence electrons. The number of hydrogen-bond acceptors (Lipinski definition) is 4. The van der Waals surface area contributed by atoms with Gasteiger partial charge in [0, 0.05) is 29.5 Å². The van der Waals surface area contributed by atoms with E-state index in [-0.39, 0.29) is 24.2 Å². The minimum absolute atomic E-state index is 0.00214. The smallest absolute Gasteiger partial charge is 0.227 e. The van der Waals surface area contributed by atoms with Crippen molar-refractivity contribution in [3.8, 4) is 5.75 Å². The van der Waals surface area contributed by atoms with Crippen molar-refractivity contribution in [2.75, 3.05) is 18.6 Å². The van der Waals surface area contributed by atoms with E-state index in [1.165, 1.54) is 0 Å². The number of nitrogens with zero attached hydrogens (tertiary/aromatic N) is 3. The molecule has 0 bridgehead atoms. The number of fused-ring (bicyclic) bond motifs is 1. The molecule has 0 saturated carbocycles. The molecule has 1 amide bonds. The normalized spacial score (nSPS) is 15.9. The molecule has 3 aromatic carbocycles. The summed E-state index contributed by atoms with van der Waals surface area (Å²) in [4.78, 5) is 32.6. The largest absolute Gasteiger partial charge is 0.495 e. The Bertz CT molecular complexity index is 1350. The van der Waals surface area contributed by atoms with Crippen LogP contribution in [0.15, 0.2) is 72.8 Å². The zero-order valence-corrected chi connectivity index (χ0v) is 18.8. The number of benzene rings is 3. The van der Waals surface area contributed by atoms with Crippen LogP contribution in [0, 0.1) is 0 Å². The van der Waals surface area contributed by atoms with Gasteiger partial charge in [-0.1, -0.05) is 54.1 Å². The fourth-order valence-corrected chi connectivity index (χ4v) is 4.58. The van der Waals surface area contributed by atoms with Crippen LogP contribution in [0.25, 0.3) is 11.0 Å². The van der Waals surface area contributed by atoms with E-state index in [1.54, 1.807) is 30.2 Å². The van der Waals surface area contributed by atoms with Crippen LogP contribution in [-0.2, 0) is 11.3 Å². The average Bonchev–Trinajstić information content (AvgIpc) is 3.40. The molecule has 1 aromatic heterocycles. The highest BCUT2D eigenvalue weighted by atomic mass is 35.5. The first-order valence-corrected chi connectivity index (χ1v) is 11.1. The Morgan fingerprint density at radius 2 is 1.85 bits per heavy atom. The number of aromatic nitrogens is 2. The molecular weight excluding hydrogens is 438 g/mol. The third kappa shape index (κ3) is 3.98. The monoisotopic (exact) mass is 459 g/mol. The molecule has 0 aliphatic carbocycles. The Hall–Kier alpha value is -3.64. The van der Waals surface area contributed by atoms with E-state index in [0.29, 0.717) is 35.0 Å². The minimum atomic E-state index is -0.169. The summed E-state index contributed by atoms with van der Waals surface area (Å²) in [6.45, 7) is 0.587. The number of rotatable bonds is 6. The molecule has 5 rings (SSSR count). The molecule has 1 aliphatic heterocycles. The summed E-state index contributed by atoms with van der Waals surface area (Å²) in [7, 11) is 1.57. The van der Waals surface area contributed by atoms with Crippen LogP contribution in [0.2, 0.25) is 5.02 Å². The molecule has 0 N–H and O–H groups in total. The van der Waals surface area contributed by atoms with E-state index in [4.69, 9.17) is 21.3 Å². The lowest BCUT2D eigenvalue weighted by Gasteiger charge is -2.20. The van der Waals surface area contributed by atoms with Crippen LogP contribution in [-0.4, -0.2) is 34.9 Å². The molecule has 1 unspecified atom stereocenters. The van der Waals surface area contributed by atoms with Crippen molar-refractivity contribution in [2.24, 2.45) is 0 Å². The summed E-state index contributed by atoms with van der Waals surface area (Å²) >= 11 is 6.20. The number of Topliss-reactive ketones (excluding diaryl/α,β-unsaturated/α-hetero) is 1. The molecular formula is C26H22ClN3O3. The van der Waals surface area contributed by atoms with Gasteiger partial charge in [-0.25, -0.2) is 4.98 Å². The number of halogens is 1. The zero-order valence-electron chi connectivity index (χ0n) is 18.1.